The highest BCUT2D eigenvalue weighted by Gasteiger charge is 2.38. The zero-order valence-electron chi connectivity index (χ0n) is 18.9. The molecular weight excluding hydrogens is 483 g/mol. The minimum atomic E-state index is -5.08. The average molecular weight is 510 g/mol. The number of aromatic nitrogens is 3. The molecule has 8 nitrogen and oxygen atoms in total. The van der Waals surface area contributed by atoms with Gasteiger partial charge in [0.1, 0.15) is 0 Å². The van der Waals surface area contributed by atoms with E-state index in [-0.39, 0.29) is 11.8 Å². The van der Waals surface area contributed by atoms with E-state index in [1.165, 1.54) is 18.5 Å². The van der Waals surface area contributed by atoms with Crippen molar-refractivity contribution in [2.45, 2.75) is 44.2 Å². The Labute approximate surface area is 204 Å². The molecule has 2 aliphatic heterocycles. The lowest BCUT2D eigenvalue weighted by atomic mass is 9.97. The Morgan fingerprint density at radius 1 is 1.11 bits per heavy atom. The van der Waals surface area contributed by atoms with Crippen molar-refractivity contribution in [1.82, 2.24) is 19.5 Å². The van der Waals surface area contributed by atoms with Crippen LogP contribution in [0.15, 0.2) is 35.8 Å². The lowest BCUT2D eigenvalue weighted by molar-refractivity contribution is -0.192. The van der Waals surface area contributed by atoms with E-state index in [0.717, 1.165) is 55.4 Å². The second-order valence-corrected chi connectivity index (χ2v) is 9.62. The fraction of sp³-hybridized carbons (Fsp3) is 0.478. The first kappa shape index (κ1) is 25.0. The first-order chi connectivity index (χ1) is 16.7. The Bertz CT molecular complexity index is 1160. The fourth-order valence-corrected chi connectivity index (χ4v) is 5.01. The summed E-state index contributed by atoms with van der Waals surface area (Å²) >= 11 is 1.65. The predicted molar refractivity (Wildman–Crippen MR) is 125 cm³/mol. The Morgan fingerprint density at radius 3 is 2.51 bits per heavy atom. The number of hydrogen-bond acceptors (Lipinski definition) is 6. The van der Waals surface area contributed by atoms with Crippen molar-refractivity contribution in [3.8, 4) is 0 Å². The van der Waals surface area contributed by atoms with Crippen LogP contribution in [0.2, 0.25) is 0 Å². The number of carbonyl (C=O) groups excluding carboxylic acids is 1. The van der Waals surface area contributed by atoms with Gasteiger partial charge in [-0.1, -0.05) is 6.07 Å². The number of halogens is 3. The third-order valence-corrected chi connectivity index (χ3v) is 6.97. The first-order valence-electron chi connectivity index (χ1n) is 11.4. The van der Waals surface area contributed by atoms with Crippen molar-refractivity contribution < 1.29 is 27.9 Å². The summed E-state index contributed by atoms with van der Waals surface area (Å²) in [6.07, 6.45) is 2.09. The molecule has 1 atom stereocenters. The van der Waals surface area contributed by atoms with Gasteiger partial charge in [0.05, 0.1) is 18.3 Å². The van der Waals surface area contributed by atoms with E-state index in [0.29, 0.717) is 6.42 Å². The summed E-state index contributed by atoms with van der Waals surface area (Å²) in [7, 11) is 0. The SMILES string of the molecule is O=C(Cc1cccs1)N1CCCC(c2nc3ccc(N4CCCC4)cn3n2)C1.O=C(O)C(F)(F)F. The Morgan fingerprint density at radius 2 is 1.86 bits per heavy atom. The maximum absolute atomic E-state index is 12.7. The molecule has 0 spiro atoms. The number of carboxylic acid groups (broad SMARTS) is 1. The molecule has 5 heterocycles. The summed E-state index contributed by atoms with van der Waals surface area (Å²) in [5.74, 6) is -1.46. The molecular formula is C23H26F3N5O3S. The van der Waals surface area contributed by atoms with Gasteiger partial charge in [0.2, 0.25) is 5.91 Å². The number of thiophene rings is 1. The smallest absolute Gasteiger partial charge is 0.475 e. The summed E-state index contributed by atoms with van der Waals surface area (Å²) in [6, 6.07) is 8.25. The second-order valence-electron chi connectivity index (χ2n) is 8.59. The molecule has 3 aromatic rings. The van der Waals surface area contributed by atoms with Crippen LogP contribution in [0, 0.1) is 0 Å². The van der Waals surface area contributed by atoms with Crippen LogP contribution in [0.5, 0.6) is 0 Å². The van der Waals surface area contributed by atoms with Gasteiger partial charge in [-0.2, -0.15) is 18.3 Å². The number of rotatable bonds is 4. The molecule has 0 aromatic carbocycles. The van der Waals surface area contributed by atoms with Gasteiger partial charge < -0.3 is 14.9 Å². The zero-order chi connectivity index (χ0) is 25.0. The van der Waals surface area contributed by atoms with Gasteiger partial charge >= 0.3 is 12.1 Å². The van der Waals surface area contributed by atoms with Crippen LogP contribution in [0.3, 0.4) is 0 Å². The molecule has 12 heteroatoms. The Balaban J connectivity index is 0.000000364. The van der Waals surface area contributed by atoms with Crippen LogP contribution >= 0.6 is 11.3 Å². The summed E-state index contributed by atoms with van der Waals surface area (Å²) in [5, 5.41) is 13.9. The quantitative estimate of drug-likeness (QED) is 0.572. The van der Waals surface area contributed by atoms with Crippen LogP contribution < -0.4 is 4.90 Å². The Hall–Kier alpha value is -3.15. The van der Waals surface area contributed by atoms with Crippen LogP contribution in [0.1, 0.15) is 42.3 Å². The molecule has 188 valence electrons. The molecule has 0 bridgehead atoms. The molecule has 3 aromatic heterocycles. The van der Waals surface area contributed by atoms with Gasteiger partial charge in [-0.3, -0.25) is 4.79 Å². The van der Waals surface area contributed by atoms with Gasteiger partial charge in [-0.05, 0) is 49.3 Å². The Kier molecular flexibility index (Phi) is 7.58. The molecule has 1 amide bonds. The summed E-state index contributed by atoms with van der Waals surface area (Å²) in [4.78, 5) is 31.9. The maximum atomic E-state index is 12.7. The van der Waals surface area contributed by atoms with E-state index in [1.807, 2.05) is 26.9 Å². The predicted octanol–water partition coefficient (Wildman–Crippen LogP) is 3.97. The van der Waals surface area contributed by atoms with Crippen molar-refractivity contribution >= 4 is 34.5 Å². The topological polar surface area (TPSA) is 91.0 Å². The van der Waals surface area contributed by atoms with Crippen molar-refractivity contribution in [2.24, 2.45) is 0 Å². The molecule has 5 rings (SSSR count). The van der Waals surface area contributed by atoms with E-state index in [2.05, 4.69) is 23.2 Å². The van der Waals surface area contributed by atoms with Gasteiger partial charge in [0.15, 0.2) is 11.5 Å². The fourth-order valence-electron chi connectivity index (χ4n) is 4.31. The van der Waals surface area contributed by atoms with Crippen LogP contribution in [-0.2, 0) is 16.0 Å². The van der Waals surface area contributed by atoms with Crippen molar-refractivity contribution in [1.29, 1.82) is 0 Å². The van der Waals surface area contributed by atoms with Gasteiger partial charge in [-0.25, -0.2) is 14.3 Å². The third kappa shape index (κ3) is 6.30. The lowest BCUT2D eigenvalue weighted by Crippen LogP contribution is -2.40. The largest absolute Gasteiger partial charge is 0.490 e. The number of amides is 1. The van der Waals surface area contributed by atoms with Gasteiger partial charge in [0.25, 0.3) is 0 Å². The molecule has 1 N–H and O–H groups in total. The summed E-state index contributed by atoms with van der Waals surface area (Å²) < 4.78 is 33.6. The number of carboxylic acids is 1. The number of likely N-dealkylation sites (tertiary alicyclic amines) is 1. The standard InChI is InChI=1S/C21H25N5OS.C2HF3O2/c27-20(13-18-6-4-12-28-18)25-11-3-5-16(14-25)21-22-19-8-7-17(15-26(19)23-21)24-9-1-2-10-24;3-2(4,5)1(6)7/h4,6-8,12,15-16H,1-3,5,9-11,13-14H2;(H,6,7). The normalized spacial score (nSPS) is 18.4. The molecule has 0 aliphatic carbocycles. The number of carbonyl (C=O) groups is 2. The minimum Gasteiger partial charge on any atom is -0.475 e. The number of piperidine rings is 1. The molecule has 0 radical (unpaired) electrons. The van der Waals surface area contributed by atoms with E-state index < -0.39 is 12.1 Å². The second kappa shape index (κ2) is 10.6. The number of alkyl halides is 3. The highest BCUT2D eigenvalue weighted by Crippen LogP contribution is 2.27. The van der Waals surface area contributed by atoms with E-state index in [4.69, 9.17) is 20.0 Å². The molecule has 2 fully saturated rings. The van der Waals surface area contributed by atoms with Crippen LogP contribution in [0.4, 0.5) is 18.9 Å². The third-order valence-electron chi connectivity index (χ3n) is 6.09. The number of aliphatic carboxylic acids is 1. The maximum Gasteiger partial charge on any atom is 0.490 e. The highest BCUT2D eigenvalue weighted by molar-refractivity contribution is 7.10. The van der Waals surface area contributed by atoms with E-state index in [9.17, 15) is 18.0 Å². The number of hydrogen-bond donors (Lipinski definition) is 1. The van der Waals surface area contributed by atoms with Crippen molar-refractivity contribution in [3.63, 3.8) is 0 Å². The average Bonchev–Trinajstić information content (AvgIpc) is 3.60. The number of anilines is 1. The zero-order valence-corrected chi connectivity index (χ0v) is 19.8. The minimum absolute atomic E-state index is 0.215. The van der Waals surface area contributed by atoms with Gasteiger partial charge in [-0.15, -0.1) is 11.3 Å². The molecule has 35 heavy (non-hydrogen) atoms. The highest BCUT2D eigenvalue weighted by atomic mass is 32.1. The lowest BCUT2D eigenvalue weighted by Gasteiger charge is -2.31. The van der Waals surface area contributed by atoms with Crippen LogP contribution in [0.25, 0.3) is 5.65 Å². The molecule has 2 saturated heterocycles. The van der Waals surface area contributed by atoms with E-state index in [1.54, 1.807) is 11.3 Å². The molecule has 0 saturated carbocycles. The number of nitrogens with zero attached hydrogens (tertiary/aromatic N) is 5. The van der Waals surface area contributed by atoms with Gasteiger partial charge in [0, 0.05) is 37.0 Å². The summed E-state index contributed by atoms with van der Waals surface area (Å²) in [5.41, 5.74) is 2.11. The molecule has 1 unspecified atom stereocenters. The van der Waals surface area contributed by atoms with Crippen molar-refractivity contribution in [3.05, 3.63) is 46.5 Å². The van der Waals surface area contributed by atoms with Crippen molar-refractivity contribution in [2.75, 3.05) is 31.1 Å². The first-order valence-corrected chi connectivity index (χ1v) is 12.3. The summed E-state index contributed by atoms with van der Waals surface area (Å²) in [6.45, 7) is 3.81. The van der Waals surface area contributed by atoms with E-state index >= 15 is 0 Å². The number of fused-ring (bicyclic) bond motifs is 1. The van der Waals surface area contributed by atoms with Crippen LogP contribution in [-0.4, -0.2) is 68.8 Å². The monoisotopic (exact) mass is 509 g/mol. The molecule has 2 aliphatic rings. The number of pyridine rings is 1.